The molecule has 0 saturated heterocycles. The van der Waals surface area contributed by atoms with E-state index in [1.54, 1.807) is 6.26 Å². The number of carbonyl (C=O) groups is 1. The Balaban J connectivity index is 1.72. The van der Waals surface area contributed by atoms with Gasteiger partial charge in [-0.05, 0) is 43.5 Å². The number of hydrogen-bond acceptors (Lipinski definition) is 2. The third-order valence-electron chi connectivity index (χ3n) is 4.98. The molecule has 0 spiro atoms. The van der Waals surface area contributed by atoms with Crippen molar-refractivity contribution in [2.24, 2.45) is 0 Å². The summed E-state index contributed by atoms with van der Waals surface area (Å²) in [7, 11) is 0. The smallest absolute Gasteiger partial charge is 0.272 e. The maximum atomic E-state index is 13.0. The van der Waals surface area contributed by atoms with Gasteiger partial charge in [0.1, 0.15) is 5.69 Å². The summed E-state index contributed by atoms with van der Waals surface area (Å²) < 4.78 is 7.56. The molecule has 0 saturated carbocycles. The number of hydrogen-bond donors (Lipinski definition) is 1. The van der Waals surface area contributed by atoms with Crippen molar-refractivity contribution in [2.45, 2.75) is 27.3 Å². The van der Waals surface area contributed by atoms with Crippen LogP contribution in [0.3, 0.4) is 0 Å². The van der Waals surface area contributed by atoms with Crippen LogP contribution in [0.2, 0.25) is 0 Å². The first kappa shape index (κ1) is 17.2. The zero-order valence-corrected chi connectivity index (χ0v) is 15.7. The first-order valence-electron chi connectivity index (χ1n) is 9.03. The second-order valence-corrected chi connectivity index (χ2v) is 6.98. The van der Waals surface area contributed by atoms with Crippen molar-refractivity contribution in [3.63, 3.8) is 0 Å². The van der Waals surface area contributed by atoms with Gasteiger partial charge in [0.2, 0.25) is 0 Å². The summed E-state index contributed by atoms with van der Waals surface area (Å²) in [6.45, 7) is 6.74. The molecule has 0 atom stereocenters. The van der Waals surface area contributed by atoms with Crippen LogP contribution < -0.4 is 5.32 Å². The number of nitrogens with zero attached hydrogens (tertiary/aromatic N) is 1. The Labute approximate surface area is 158 Å². The quantitative estimate of drug-likeness (QED) is 0.526. The number of furan rings is 1. The number of nitrogens with one attached hydrogen (secondary N) is 1. The topological polar surface area (TPSA) is 47.2 Å². The van der Waals surface area contributed by atoms with Gasteiger partial charge in [-0.25, -0.2) is 0 Å². The van der Waals surface area contributed by atoms with E-state index in [-0.39, 0.29) is 5.91 Å². The fourth-order valence-electron chi connectivity index (χ4n) is 3.43. The average Bonchev–Trinajstić information content (AvgIpc) is 3.22. The summed E-state index contributed by atoms with van der Waals surface area (Å²) >= 11 is 0. The van der Waals surface area contributed by atoms with Gasteiger partial charge in [0, 0.05) is 24.4 Å². The van der Waals surface area contributed by atoms with Gasteiger partial charge in [0.25, 0.3) is 5.91 Å². The van der Waals surface area contributed by atoms with Crippen molar-refractivity contribution in [1.29, 1.82) is 0 Å². The van der Waals surface area contributed by atoms with Gasteiger partial charge in [-0.3, -0.25) is 4.79 Å². The summed E-state index contributed by atoms with van der Waals surface area (Å²) in [5.41, 5.74) is 7.65. The van der Waals surface area contributed by atoms with Crippen molar-refractivity contribution < 1.29 is 9.21 Å². The molecule has 27 heavy (non-hydrogen) atoms. The molecule has 4 nitrogen and oxygen atoms in total. The lowest BCUT2D eigenvalue weighted by molar-refractivity contribution is 0.101. The zero-order valence-electron chi connectivity index (χ0n) is 15.7. The first-order valence-corrected chi connectivity index (χ1v) is 9.03. The van der Waals surface area contributed by atoms with Crippen LogP contribution in [0.1, 0.15) is 32.7 Å². The molecule has 0 unspecified atom stereocenters. The number of aromatic nitrogens is 1. The molecule has 4 rings (SSSR count). The van der Waals surface area contributed by atoms with Crippen LogP contribution in [-0.4, -0.2) is 10.5 Å². The van der Waals surface area contributed by atoms with Crippen molar-refractivity contribution in [3.8, 4) is 0 Å². The maximum absolute atomic E-state index is 13.0. The van der Waals surface area contributed by atoms with Gasteiger partial charge in [-0.15, -0.1) is 0 Å². The van der Waals surface area contributed by atoms with Crippen LogP contribution in [0.25, 0.3) is 11.1 Å². The molecule has 0 fully saturated rings. The molecule has 0 aliphatic heterocycles. The molecule has 136 valence electrons. The van der Waals surface area contributed by atoms with Gasteiger partial charge < -0.3 is 14.3 Å². The number of amides is 1. The van der Waals surface area contributed by atoms with Gasteiger partial charge in [-0.2, -0.15) is 0 Å². The molecule has 4 aromatic rings. The first-order chi connectivity index (χ1) is 13.0. The predicted octanol–water partition coefficient (Wildman–Crippen LogP) is 5.46. The lowest BCUT2D eigenvalue weighted by atomic mass is 10.1. The Kier molecular flexibility index (Phi) is 4.32. The van der Waals surface area contributed by atoms with E-state index >= 15 is 0 Å². The molecule has 0 aliphatic rings. The van der Waals surface area contributed by atoms with Crippen LogP contribution in [-0.2, 0) is 6.54 Å². The molecule has 0 bridgehead atoms. The summed E-state index contributed by atoms with van der Waals surface area (Å²) in [5.74, 6) is -0.137. The van der Waals surface area contributed by atoms with Crippen LogP contribution in [0.15, 0.2) is 65.3 Å². The van der Waals surface area contributed by atoms with E-state index in [2.05, 4.69) is 30.4 Å². The molecule has 4 heteroatoms. The molecule has 1 amide bonds. The number of rotatable bonds is 4. The van der Waals surface area contributed by atoms with Crippen molar-refractivity contribution >= 4 is 22.7 Å². The van der Waals surface area contributed by atoms with E-state index in [4.69, 9.17) is 4.42 Å². The number of fused-ring (bicyclic) bond motifs is 1. The minimum Gasteiger partial charge on any atom is -0.463 e. The molecule has 1 N–H and O–H groups in total. The van der Waals surface area contributed by atoms with E-state index in [1.807, 2.05) is 54.8 Å². The van der Waals surface area contributed by atoms with Crippen molar-refractivity contribution in [1.82, 2.24) is 4.57 Å². The molecule has 2 aromatic carbocycles. The Bertz CT molecular complexity index is 1130. The fraction of sp³-hybridized carbons (Fsp3) is 0.174. The van der Waals surface area contributed by atoms with Crippen LogP contribution in [0.4, 0.5) is 5.69 Å². The lowest BCUT2D eigenvalue weighted by Gasteiger charge is -2.13. The Hall–Kier alpha value is -3.27. The SMILES string of the molecule is Cc1ccc(NC(=O)c2cc3occc3n2Cc2ccccc2C)c(C)c1. The number of anilines is 1. The molecule has 2 aromatic heterocycles. The molecule has 0 aliphatic carbocycles. The fourth-order valence-corrected chi connectivity index (χ4v) is 3.43. The third kappa shape index (κ3) is 3.26. The Morgan fingerprint density at radius 2 is 1.81 bits per heavy atom. The van der Waals surface area contributed by atoms with Crippen LogP contribution >= 0.6 is 0 Å². The van der Waals surface area contributed by atoms with E-state index in [9.17, 15) is 4.79 Å². The third-order valence-corrected chi connectivity index (χ3v) is 4.98. The standard InChI is InChI=1S/C23H22N2O2/c1-15-8-9-19(17(3)12-15)24-23(26)21-13-22-20(10-11-27-22)25(21)14-18-7-5-4-6-16(18)2/h4-13H,14H2,1-3H3,(H,24,26). The van der Waals surface area contributed by atoms with Gasteiger partial charge >= 0.3 is 0 Å². The average molecular weight is 358 g/mol. The van der Waals surface area contributed by atoms with E-state index < -0.39 is 0 Å². The molecular formula is C23H22N2O2. The number of benzene rings is 2. The zero-order chi connectivity index (χ0) is 19.0. The van der Waals surface area contributed by atoms with Crippen LogP contribution in [0, 0.1) is 20.8 Å². The summed E-state index contributed by atoms with van der Waals surface area (Å²) in [5, 5.41) is 3.04. The van der Waals surface area contributed by atoms with Crippen molar-refractivity contribution in [3.05, 3.63) is 88.8 Å². The highest BCUT2D eigenvalue weighted by Gasteiger charge is 2.19. The lowest BCUT2D eigenvalue weighted by Crippen LogP contribution is -2.18. The Morgan fingerprint density at radius 3 is 2.59 bits per heavy atom. The van der Waals surface area contributed by atoms with Crippen molar-refractivity contribution in [2.75, 3.05) is 5.32 Å². The molecule has 2 heterocycles. The molecular weight excluding hydrogens is 336 g/mol. The maximum Gasteiger partial charge on any atom is 0.272 e. The normalized spacial score (nSPS) is 11.1. The predicted molar refractivity (Wildman–Crippen MR) is 108 cm³/mol. The highest BCUT2D eigenvalue weighted by molar-refractivity contribution is 6.06. The van der Waals surface area contributed by atoms with Gasteiger partial charge in [-0.1, -0.05) is 42.0 Å². The Morgan fingerprint density at radius 1 is 1.00 bits per heavy atom. The summed E-state index contributed by atoms with van der Waals surface area (Å²) in [6, 6.07) is 17.9. The summed E-state index contributed by atoms with van der Waals surface area (Å²) in [4.78, 5) is 13.0. The van der Waals surface area contributed by atoms with Gasteiger partial charge in [0.15, 0.2) is 5.58 Å². The second kappa shape index (κ2) is 6.80. The minimum absolute atomic E-state index is 0.137. The largest absolute Gasteiger partial charge is 0.463 e. The van der Waals surface area contributed by atoms with E-state index in [0.717, 1.165) is 22.4 Å². The van der Waals surface area contributed by atoms with E-state index in [1.165, 1.54) is 16.7 Å². The number of aryl methyl sites for hydroxylation is 3. The summed E-state index contributed by atoms with van der Waals surface area (Å²) in [6.07, 6.45) is 1.66. The highest BCUT2D eigenvalue weighted by atomic mass is 16.3. The molecule has 0 radical (unpaired) electrons. The number of carbonyl (C=O) groups excluding carboxylic acids is 1. The second-order valence-electron chi connectivity index (χ2n) is 6.98. The highest BCUT2D eigenvalue weighted by Crippen LogP contribution is 2.25. The van der Waals surface area contributed by atoms with Gasteiger partial charge in [0.05, 0.1) is 11.8 Å². The minimum atomic E-state index is -0.137. The van der Waals surface area contributed by atoms with Crippen LogP contribution in [0.5, 0.6) is 0 Å². The monoisotopic (exact) mass is 358 g/mol. The van der Waals surface area contributed by atoms with E-state index in [0.29, 0.717) is 12.2 Å².